The highest BCUT2D eigenvalue weighted by molar-refractivity contribution is 6.32. The van der Waals surface area contributed by atoms with Gasteiger partial charge in [-0.2, -0.15) is 0 Å². The fraction of sp³-hybridized carbons (Fsp3) is 0.385. The molecule has 0 aliphatic rings. The lowest BCUT2D eigenvalue weighted by Crippen LogP contribution is -2.37. The number of carboxylic acids is 1. The molecule has 1 aromatic rings. The summed E-state index contributed by atoms with van der Waals surface area (Å²) in [6, 6.07) is 2.85. The van der Waals surface area contributed by atoms with Crippen LogP contribution in [0, 0.1) is 0 Å². The first-order valence-electron chi connectivity index (χ1n) is 5.89. The predicted molar refractivity (Wildman–Crippen MR) is 75.3 cm³/mol. The molecule has 0 saturated heterocycles. The Balaban J connectivity index is 2.88. The quantitative estimate of drug-likeness (QED) is 0.784. The molecule has 0 aliphatic carbocycles. The van der Waals surface area contributed by atoms with Crippen molar-refractivity contribution < 1.29 is 28.9 Å². The van der Waals surface area contributed by atoms with Crippen LogP contribution >= 0.6 is 11.6 Å². The Kier molecular flexibility index (Phi) is 6.26. The second-order valence-electron chi connectivity index (χ2n) is 3.97. The highest BCUT2D eigenvalue weighted by atomic mass is 35.5. The molecule has 1 aromatic carbocycles. The number of rotatable bonds is 7. The van der Waals surface area contributed by atoms with Gasteiger partial charge < -0.3 is 24.6 Å². The maximum atomic E-state index is 12.0. The van der Waals surface area contributed by atoms with E-state index >= 15 is 0 Å². The summed E-state index contributed by atoms with van der Waals surface area (Å²) in [5.74, 6) is -1.04. The molecule has 0 bridgehead atoms. The number of carbonyl (C=O) groups is 2. The number of carboxylic acid groups (broad SMARTS) is 1. The lowest BCUT2D eigenvalue weighted by molar-refractivity contribution is -0.148. The van der Waals surface area contributed by atoms with E-state index in [4.69, 9.17) is 30.9 Å². The van der Waals surface area contributed by atoms with E-state index in [1.807, 2.05) is 0 Å². The molecule has 0 fully saturated rings. The average Bonchev–Trinajstić information content (AvgIpc) is 2.46. The second-order valence-corrected chi connectivity index (χ2v) is 4.37. The molecule has 0 heterocycles. The number of ether oxygens (including phenoxy) is 3. The van der Waals surface area contributed by atoms with Crippen LogP contribution in [0.5, 0.6) is 11.5 Å². The Bertz CT molecular complexity index is 534. The zero-order chi connectivity index (χ0) is 16.0. The van der Waals surface area contributed by atoms with Gasteiger partial charge in [-0.15, -0.1) is 0 Å². The number of hydrogen-bond donors (Lipinski definition) is 2. The van der Waals surface area contributed by atoms with E-state index in [2.05, 4.69) is 5.32 Å². The Morgan fingerprint density at radius 2 is 1.95 bits per heavy atom. The van der Waals surface area contributed by atoms with Crippen molar-refractivity contribution >= 4 is 23.5 Å². The fourth-order valence-corrected chi connectivity index (χ4v) is 1.90. The fourth-order valence-electron chi connectivity index (χ4n) is 1.61. The van der Waals surface area contributed by atoms with Crippen LogP contribution in [0.25, 0.3) is 0 Å². The van der Waals surface area contributed by atoms with Crippen LogP contribution in [0.1, 0.15) is 10.4 Å². The first-order chi connectivity index (χ1) is 9.94. The molecule has 0 radical (unpaired) electrons. The van der Waals surface area contributed by atoms with Gasteiger partial charge in [0.1, 0.15) is 0 Å². The van der Waals surface area contributed by atoms with Gasteiger partial charge in [0.2, 0.25) is 0 Å². The van der Waals surface area contributed by atoms with Gasteiger partial charge in [-0.3, -0.25) is 4.79 Å². The van der Waals surface area contributed by atoms with Crippen molar-refractivity contribution in [1.82, 2.24) is 5.32 Å². The number of carbonyl (C=O) groups excluding carboxylic acids is 1. The van der Waals surface area contributed by atoms with Gasteiger partial charge in [-0.1, -0.05) is 11.6 Å². The third-order valence-electron chi connectivity index (χ3n) is 2.70. The summed E-state index contributed by atoms with van der Waals surface area (Å²) in [6.45, 7) is -0.170. The maximum Gasteiger partial charge on any atom is 0.334 e. The third kappa shape index (κ3) is 4.24. The molecule has 0 aliphatic heterocycles. The van der Waals surface area contributed by atoms with Crippen molar-refractivity contribution in [2.75, 3.05) is 27.9 Å². The Labute approximate surface area is 126 Å². The van der Waals surface area contributed by atoms with Gasteiger partial charge in [-0.05, 0) is 12.1 Å². The highest BCUT2D eigenvalue weighted by Crippen LogP contribution is 2.35. The summed E-state index contributed by atoms with van der Waals surface area (Å²) in [7, 11) is 4.10. The lowest BCUT2D eigenvalue weighted by atomic mass is 10.2. The van der Waals surface area contributed by atoms with Gasteiger partial charge in [0.25, 0.3) is 5.91 Å². The summed E-state index contributed by atoms with van der Waals surface area (Å²) >= 11 is 5.99. The molecule has 1 amide bonds. The van der Waals surface area contributed by atoms with Crippen LogP contribution in [-0.2, 0) is 9.53 Å². The molecule has 0 spiro atoms. The van der Waals surface area contributed by atoms with Gasteiger partial charge in [0.05, 0.1) is 25.8 Å². The standard InChI is InChI=1S/C13H16ClNO6/c1-19-9-5-7(4-8(14)11(9)21-3)12(16)15-6-10(20-2)13(17)18/h4-5,10H,6H2,1-3H3,(H,15,16)(H,17,18). The number of halogens is 1. The number of benzene rings is 1. The van der Waals surface area contributed by atoms with E-state index in [0.717, 1.165) is 0 Å². The van der Waals surface area contributed by atoms with E-state index in [1.165, 1.54) is 33.5 Å². The molecule has 2 N–H and O–H groups in total. The normalized spacial score (nSPS) is 11.6. The maximum absolute atomic E-state index is 12.0. The van der Waals surface area contributed by atoms with Crippen LogP contribution in [0.3, 0.4) is 0 Å². The first kappa shape index (κ1) is 17.1. The van der Waals surface area contributed by atoms with Crippen molar-refractivity contribution in [1.29, 1.82) is 0 Å². The van der Waals surface area contributed by atoms with Crippen LogP contribution in [0.2, 0.25) is 5.02 Å². The second kappa shape index (κ2) is 7.70. The molecule has 116 valence electrons. The Morgan fingerprint density at radius 1 is 1.29 bits per heavy atom. The van der Waals surface area contributed by atoms with Crippen LogP contribution in [0.15, 0.2) is 12.1 Å². The minimum Gasteiger partial charge on any atom is -0.493 e. The van der Waals surface area contributed by atoms with Crippen LogP contribution < -0.4 is 14.8 Å². The molecule has 0 aromatic heterocycles. The summed E-state index contributed by atoms with van der Waals surface area (Å²) in [5, 5.41) is 11.5. The molecule has 21 heavy (non-hydrogen) atoms. The average molecular weight is 318 g/mol. The molecule has 7 nitrogen and oxygen atoms in total. The van der Waals surface area contributed by atoms with Crippen molar-refractivity contribution in [3.8, 4) is 11.5 Å². The van der Waals surface area contributed by atoms with E-state index in [1.54, 1.807) is 0 Å². The van der Waals surface area contributed by atoms with E-state index in [0.29, 0.717) is 11.5 Å². The summed E-state index contributed by atoms with van der Waals surface area (Å²) in [6.07, 6.45) is -1.12. The molecule has 0 saturated carbocycles. The summed E-state index contributed by atoms with van der Waals surface area (Å²) in [5.41, 5.74) is 0.220. The smallest absolute Gasteiger partial charge is 0.334 e. The predicted octanol–water partition coefficient (Wildman–Crippen LogP) is 1.19. The topological polar surface area (TPSA) is 94.1 Å². The van der Waals surface area contributed by atoms with Gasteiger partial charge in [-0.25, -0.2) is 4.79 Å². The molecular formula is C13H16ClNO6. The number of nitrogens with one attached hydrogen (secondary N) is 1. The molecule has 8 heteroatoms. The summed E-state index contributed by atoms with van der Waals surface area (Å²) < 4.78 is 14.9. The van der Waals surface area contributed by atoms with E-state index in [9.17, 15) is 9.59 Å². The minimum absolute atomic E-state index is 0.170. The Hall–Kier alpha value is -1.99. The zero-order valence-corrected chi connectivity index (χ0v) is 12.6. The van der Waals surface area contributed by atoms with Gasteiger partial charge in [0, 0.05) is 12.7 Å². The van der Waals surface area contributed by atoms with Crippen molar-refractivity contribution in [3.63, 3.8) is 0 Å². The van der Waals surface area contributed by atoms with Crippen molar-refractivity contribution in [2.24, 2.45) is 0 Å². The molecular weight excluding hydrogens is 302 g/mol. The van der Waals surface area contributed by atoms with Crippen molar-refractivity contribution in [2.45, 2.75) is 6.10 Å². The van der Waals surface area contributed by atoms with E-state index in [-0.39, 0.29) is 17.1 Å². The Morgan fingerprint density at radius 3 is 2.43 bits per heavy atom. The number of methoxy groups -OCH3 is 3. The van der Waals surface area contributed by atoms with E-state index < -0.39 is 18.0 Å². The number of hydrogen-bond acceptors (Lipinski definition) is 5. The lowest BCUT2D eigenvalue weighted by Gasteiger charge is -2.14. The number of amides is 1. The molecule has 1 rings (SSSR count). The largest absolute Gasteiger partial charge is 0.493 e. The van der Waals surface area contributed by atoms with Crippen LogP contribution in [-0.4, -0.2) is 51.0 Å². The monoisotopic (exact) mass is 317 g/mol. The third-order valence-corrected chi connectivity index (χ3v) is 2.98. The first-order valence-corrected chi connectivity index (χ1v) is 6.27. The SMILES string of the molecule is COc1cc(C(=O)NCC(OC)C(=O)O)cc(Cl)c1OC. The molecule has 1 unspecified atom stereocenters. The molecule has 1 atom stereocenters. The van der Waals surface area contributed by atoms with Gasteiger partial charge in [0.15, 0.2) is 17.6 Å². The zero-order valence-electron chi connectivity index (χ0n) is 11.8. The minimum atomic E-state index is -1.16. The van der Waals surface area contributed by atoms with Crippen molar-refractivity contribution in [3.05, 3.63) is 22.7 Å². The van der Waals surface area contributed by atoms with Gasteiger partial charge >= 0.3 is 5.97 Å². The van der Waals surface area contributed by atoms with Crippen LogP contribution in [0.4, 0.5) is 0 Å². The highest BCUT2D eigenvalue weighted by Gasteiger charge is 2.19. The summed E-state index contributed by atoms with van der Waals surface area (Å²) in [4.78, 5) is 22.8. The number of aliphatic carboxylic acids is 1.